The maximum atomic E-state index is 11.8. The van der Waals surface area contributed by atoms with Gasteiger partial charge in [0.15, 0.2) is 0 Å². The van der Waals surface area contributed by atoms with Crippen LogP contribution in [0.4, 0.5) is 5.82 Å². The number of benzene rings is 1. The highest BCUT2D eigenvalue weighted by Gasteiger charge is 2.26. The molecule has 3 rings (SSSR count). The second-order valence-electron chi connectivity index (χ2n) is 7.63. The van der Waals surface area contributed by atoms with Crippen molar-refractivity contribution >= 4 is 15.8 Å². The van der Waals surface area contributed by atoms with Gasteiger partial charge in [-0.2, -0.15) is 4.31 Å². The topological polar surface area (TPSA) is 66.4 Å². The summed E-state index contributed by atoms with van der Waals surface area (Å²) >= 11 is 0. The molecule has 2 heterocycles. The maximum Gasteiger partial charge on any atom is 0.211 e. The molecular formula is C21H30N4O2S. The summed E-state index contributed by atoms with van der Waals surface area (Å²) in [6, 6.07) is 6.53. The molecule has 28 heavy (non-hydrogen) atoms. The predicted octanol–water partition coefficient (Wildman–Crippen LogP) is 2.64. The van der Waals surface area contributed by atoms with E-state index in [0.29, 0.717) is 26.2 Å². The van der Waals surface area contributed by atoms with E-state index in [9.17, 15) is 8.42 Å². The summed E-state index contributed by atoms with van der Waals surface area (Å²) in [6.45, 7) is 10.6. The molecule has 152 valence electrons. The highest BCUT2D eigenvalue weighted by atomic mass is 32.2. The van der Waals surface area contributed by atoms with Crippen LogP contribution >= 0.6 is 0 Å². The molecule has 7 heteroatoms. The van der Waals surface area contributed by atoms with E-state index >= 15 is 0 Å². The van der Waals surface area contributed by atoms with Crippen LogP contribution in [-0.2, 0) is 22.9 Å². The summed E-state index contributed by atoms with van der Waals surface area (Å²) in [4.78, 5) is 11.7. The van der Waals surface area contributed by atoms with E-state index < -0.39 is 10.0 Å². The smallest absolute Gasteiger partial charge is 0.211 e. The molecule has 0 saturated carbocycles. The van der Waals surface area contributed by atoms with E-state index in [1.54, 1.807) is 4.31 Å². The summed E-state index contributed by atoms with van der Waals surface area (Å²) in [5.41, 5.74) is 6.04. The van der Waals surface area contributed by atoms with E-state index in [-0.39, 0.29) is 0 Å². The molecule has 1 aromatic heterocycles. The summed E-state index contributed by atoms with van der Waals surface area (Å²) in [5, 5.41) is 0. The number of sulfonamides is 1. The van der Waals surface area contributed by atoms with E-state index in [2.05, 4.69) is 43.9 Å². The van der Waals surface area contributed by atoms with Gasteiger partial charge in [0.05, 0.1) is 6.26 Å². The molecule has 1 aliphatic rings. The SMILES string of the molecule is CCc1nc(C)nc(N2CCN(S(C)(=O)=O)CC2)c1Cc1cc(C)ccc1C. The minimum absolute atomic E-state index is 0.492. The number of piperazine rings is 1. The Bertz CT molecular complexity index is 965. The molecule has 0 N–H and O–H groups in total. The third-order valence-corrected chi connectivity index (χ3v) is 6.70. The number of anilines is 1. The Kier molecular flexibility index (Phi) is 6.05. The van der Waals surface area contributed by atoms with Gasteiger partial charge in [0.1, 0.15) is 11.6 Å². The molecule has 0 radical (unpaired) electrons. The van der Waals surface area contributed by atoms with Gasteiger partial charge < -0.3 is 4.90 Å². The third-order valence-electron chi connectivity index (χ3n) is 5.40. The fraction of sp³-hybridized carbons (Fsp3) is 0.524. The Balaban J connectivity index is 1.97. The van der Waals surface area contributed by atoms with Crippen molar-refractivity contribution in [3.63, 3.8) is 0 Å². The first-order valence-electron chi connectivity index (χ1n) is 9.81. The number of aryl methyl sites for hydroxylation is 4. The summed E-state index contributed by atoms with van der Waals surface area (Å²) in [7, 11) is -3.15. The lowest BCUT2D eigenvalue weighted by atomic mass is 9.96. The minimum atomic E-state index is -3.15. The Morgan fingerprint density at radius 2 is 1.71 bits per heavy atom. The molecule has 6 nitrogen and oxygen atoms in total. The van der Waals surface area contributed by atoms with Gasteiger partial charge in [-0.15, -0.1) is 0 Å². The zero-order chi connectivity index (χ0) is 20.5. The van der Waals surface area contributed by atoms with Crippen LogP contribution in [-0.4, -0.2) is 55.1 Å². The number of hydrogen-bond donors (Lipinski definition) is 0. The number of aromatic nitrogens is 2. The van der Waals surface area contributed by atoms with E-state index in [1.807, 2.05) is 6.92 Å². The fourth-order valence-electron chi connectivity index (χ4n) is 3.79. The lowest BCUT2D eigenvalue weighted by Gasteiger charge is -2.35. The van der Waals surface area contributed by atoms with Crippen LogP contribution in [0.3, 0.4) is 0 Å². The maximum absolute atomic E-state index is 11.8. The first kappa shape index (κ1) is 20.7. The monoisotopic (exact) mass is 402 g/mol. The molecule has 0 spiro atoms. The van der Waals surface area contributed by atoms with Crippen molar-refractivity contribution in [2.45, 2.75) is 40.5 Å². The van der Waals surface area contributed by atoms with Crippen LogP contribution in [0, 0.1) is 20.8 Å². The second-order valence-corrected chi connectivity index (χ2v) is 9.61. The average Bonchev–Trinajstić information content (AvgIpc) is 2.65. The normalized spacial score (nSPS) is 15.8. The van der Waals surface area contributed by atoms with Crippen LogP contribution in [0.5, 0.6) is 0 Å². The fourth-order valence-corrected chi connectivity index (χ4v) is 4.61. The van der Waals surface area contributed by atoms with Gasteiger partial charge in [-0.25, -0.2) is 18.4 Å². The molecule has 2 aromatic rings. The van der Waals surface area contributed by atoms with Crippen molar-refractivity contribution in [1.29, 1.82) is 0 Å². The number of rotatable bonds is 5. The summed E-state index contributed by atoms with van der Waals surface area (Å²) in [6.07, 6.45) is 2.91. The number of hydrogen-bond acceptors (Lipinski definition) is 5. The molecule has 0 atom stereocenters. The third kappa shape index (κ3) is 4.52. The molecule has 0 amide bonds. The molecule has 0 aliphatic carbocycles. The molecule has 1 saturated heterocycles. The van der Waals surface area contributed by atoms with Crippen LogP contribution < -0.4 is 4.90 Å². The molecule has 0 bridgehead atoms. The summed E-state index contributed by atoms with van der Waals surface area (Å²) in [5.74, 6) is 1.72. The van der Waals surface area contributed by atoms with Crippen molar-refractivity contribution in [2.24, 2.45) is 0 Å². The van der Waals surface area contributed by atoms with E-state index in [1.165, 1.54) is 22.9 Å². The van der Waals surface area contributed by atoms with Gasteiger partial charge in [0.25, 0.3) is 0 Å². The van der Waals surface area contributed by atoms with Crippen molar-refractivity contribution in [2.75, 3.05) is 37.3 Å². The second kappa shape index (κ2) is 8.17. The Morgan fingerprint density at radius 1 is 1.04 bits per heavy atom. The minimum Gasteiger partial charge on any atom is -0.354 e. The molecule has 1 aromatic carbocycles. The molecule has 0 unspecified atom stereocenters. The van der Waals surface area contributed by atoms with Gasteiger partial charge in [0.2, 0.25) is 10.0 Å². The zero-order valence-electron chi connectivity index (χ0n) is 17.5. The largest absolute Gasteiger partial charge is 0.354 e. The van der Waals surface area contributed by atoms with Crippen LogP contribution in [0.25, 0.3) is 0 Å². The van der Waals surface area contributed by atoms with Crippen molar-refractivity contribution in [3.05, 3.63) is 52.0 Å². The van der Waals surface area contributed by atoms with Gasteiger partial charge in [-0.1, -0.05) is 30.7 Å². The van der Waals surface area contributed by atoms with Gasteiger partial charge in [-0.05, 0) is 38.3 Å². The molecule has 1 aliphatic heterocycles. The average molecular weight is 403 g/mol. The zero-order valence-corrected chi connectivity index (χ0v) is 18.3. The van der Waals surface area contributed by atoms with Gasteiger partial charge in [0, 0.05) is 43.9 Å². The van der Waals surface area contributed by atoms with Crippen molar-refractivity contribution < 1.29 is 8.42 Å². The van der Waals surface area contributed by atoms with Gasteiger partial charge >= 0.3 is 0 Å². The van der Waals surface area contributed by atoms with Crippen LogP contribution in [0.15, 0.2) is 18.2 Å². The molecule has 1 fully saturated rings. The molecular weight excluding hydrogens is 372 g/mol. The highest BCUT2D eigenvalue weighted by molar-refractivity contribution is 7.88. The number of nitrogens with zero attached hydrogens (tertiary/aromatic N) is 4. The van der Waals surface area contributed by atoms with E-state index in [4.69, 9.17) is 9.97 Å². The highest BCUT2D eigenvalue weighted by Crippen LogP contribution is 2.27. The first-order chi connectivity index (χ1) is 13.2. The lowest BCUT2D eigenvalue weighted by Crippen LogP contribution is -2.49. The summed E-state index contributed by atoms with van der Waals surface area (Å²) < 4.78 is 25.2. The quantitative estimate of drug-likeness (QED) is 0.769. The van der Waals surface area contributed by atoms with Crippen LogP contribution in [0.1, 0.15) is 40.7 Å². The Morgan fingerprint density at radius 3 is 2.32 bits per heavy atom. The van der Waals surface area contributed by atoms with Crippen molar-refractivity contribution in [3.8, 4) is 0 Å². The Labute approximate surface area is 168 Å². The van der Waals surface area contributed by atoms with Crippen LogP contribution in [0.2, 0.25) is 0 Å². The predicted molar refractivity (Wildman–Crippen MR) is 113 cm³/mol. The Hall–Kier alpha value is -1.99. The van der Waals surface area contributed by atoms with Gasteiger partial charge in [-0.3, -0.25) is 0 Å². The first-order valence-corrected chi connectivity index (χ1v) is 11.7. The lowest BCUT2D eigenvalue weighted by molar-refractivity contribution is 0.386. The van der Waals surface area contributed by atoms with E-state index in [0.717, 1.165) is 35.7 Å². The standard InChI is InChI=1S/C21H30N4O2S/c1-6-20-19(14-18-13-15(2)7-8-16(18)3)21(23-17(4)22-20)24-9-11-25(12-10-24)28(5,26)27/h7-8,13H,6,9-12,14H2,1-5H3. The van der Waals surface area contributed by atoms with Crippen molar-refractivity contribution in [1.82, 2.24) is 14.3 Å².